The van der Waals surface area contributed by atoms with Crippen LogP contribution < -0.4 is 19.1 Å². The predicted molar refractivity (Wildman–Crippen MR) is 163 cm³/mol. The number of hydrogen-bond donors (Lipinski definition) is 1. The van der Waals surface area contributed by atoms with Gasteiger partial charge in [0.05, 0.1) is 24.8 Å². The molecular weight excluding hydrogens is 634 g/mol. The molecule has 220 valence electrons. The molecule has 0 aliphatic heterocycles. The van der Waals surface area contributed by atoms with Gasteiger partial charge in [0.15, 0.2) is 11.5 Å². The Hall–Kier alpha value is -3.28. The Morgan fingerprint density at radius 3 is 2.10 bits per heavy atom. The maximum atomic E-state index is 14.0. The van der Waals surface area contributed by atoms with Crippen molar-refractivity contribution < 1.29 is 27.5 Å². The lowest BCUT2D eigenvalue weighted by molar-refractivity contribution is -0.139. The highest BCUT2D eigenvalue weighted by Crippen LogP contribution is 2.32. The smallest absolute Gasteiger partial charge is 0.264 e. The maximum absolute atomic E-state index is 14.0. The first-order chi connectivity index (χ1) is 19.4. The van der Waals surface area contributed by atoms with E-state index in [1.807, 2.05) is 38.1 Å². The average molecular weight is 667 g/mol. The van der Waals surface area contributed by atoms with Crippen LogP contribution in [0.5, 0.6) is 11.5 Å². The molecule has 0 bridgehead atoms. The number of sulfonamides is 1. The fraction of sp³-hybridized carbons (Fsp3) is 0.310. The molecule has 0 saturated carbocycles. The summed E-state index contributed by atoms with van der Waals surface area (Å²) in [5.74, 6) is -0.359. The summed E-state index contributed by atoms with van der Waals surface area (Å²) in [4.78, 5) is 28.2. The lowest BCUT2D eigenvalue weighted by Gasteiger charge is -2.32. The lowest BCUT2D eigenvalue weighted by atomic mass is 10.1. The molecule has 0 heterocycles. The Bertz CT molecular complexity index is 1470. The number of amides is 2. The number of carbonyl (C=O) groups excluding carboxylic acids is 2. The molecule has 0 radical (unpaired) electrons. The Balaban J connectivity index is 2.06. The molecule has 41 heavy (non-hydrogen) atoms. The van der Waals surface area contributed by atoms with Crippen LogP contribution in [0.15, 0.2) is 76.1 Å². The zero-order chi connectivity index (χ0) is 30.3. The number of halogens is 2. The molecule has 1 N–H and O–H groups in total. The van der Waals surface area contributed by atoms with Crippen molar-refractivity contribution in [3.05, 3.63) is 81.8 Å². The molecule has 1 atom stereocenters. The summed E-state index contributed by atoms with van der Waals surface area (Å²) in [5, 5.41) is 3.23. The minimum absolute atomic E-state index is 0.0870. The van der Waals surface area contributed by atoms with Gasteiger partial charge in [-0.1, -0.05) is 39.7 Å². The molecule has 3 aromatic carbocycles. The van der Waals surface area contributed by atoms with Crippen LogP contribution in [-0.4, -0.2) is 58.0 Å². The first kappa shape index (κ1) is 32.2. The van der Waals surface area contributed by atoms with Crippen LogP contribution >= 0.6 is 27.5 Å². The SMILES string of the molecule is COc1ccc(S(=O)(=O)N(CC(=O)N(Cc2ccc(Br)cc2)[C@H](C)C(=O)NC(C)C)c2ccc(Cl)cc2)cc1OC. The third-order valence-corrected chi connectivity index (χ3v) is 8.75. The molecule has 0 spiro atoms. The van der Waals surface area contributed by atoms with Gasteiger partial charge in [-0.2, -0.15) is 0 Å². The summed E-state index contributed by atoms with van der Waals surface area (Å²) < 4.78 is 40.5. The topological polar surface area (TPSA) is 105 Å². The first-order valence-electron chi connectivity index (χ1n) is 12.7. The van der Waals surface area contributed by atoms with Gasteiger partial charge in [-0.15, -0.1) is 0 Å². The molecule has 2 amide bonds. The van der Waals surface area contributed by atoms with Gasteiger partial charge in [0.25, 0.3) is 10.0 Å². The van der Waals surface area contributed by atoms with Gasteiger partial charge in [0.1, 0.15) is 12.6 Å². The van der Waals surface area contributed by atoms with Gasteiger partial charge in [0, 0.05) is 28.1 Å². The number of nitrogens with one attached hydrogen (secondary N) is 1. The van der Waals surface area contributed by atoms with Crippen LogP contribution in [0.3, 0.4) is 0 Å². The minimum atomic E-state index is -4.30. The lowest BCUT2D eigenvalue weighted by Crippen LogP contribution is -2.52. The molecule has 0 unspecified atom stereocenters. The summed E-state index contributed by atoms with van der Waals surface area (Å²) in [6, 6.07) is 16.6. The van der Waals surface area contributed by atoms with Gasteiger partial charge >= 0.3 is 0 Å². The second-order valence-corrected chi connectivity index (χ2v) is 12.7. The number of benzene rings is 3. The van der Waals surface area contributed by atoms with E-state index in [2.05, 4.69) is 21.2 Å². The van der Waals surface area contributed by atoms with E-state index in [1.165, 1.54) is 61.6 Å². The van der Waals surface area contributed by atoms with Crippen LogP contribution in [0.25, 0.3) is 0 Å². The maximum Gasteiger partial charge on any atom is 0.264 e. The number of anilines is 1. The second kappa shape index (κ2) is 14.1. The third kappa shape index (κ3) is 8.15. The number of ether oxygens (including phenoxy) is 2. The zero-order valence-corrected chi connectivity index (χ0v) is 26.6. The summed E-state index contributed by atoms with van der Waals surface area (Å²) >= 11 is 9.48. The van der Waals surface area contributed by atoms with Gasteiger partial charge in [-0.3, -0.25) is 13.9 Å². The van der Waals surface area contributed by atoms with Crippen LogP contribution in [0, 0.1) is 0 Å². The highest BCUT2D eigenvalue weighted by Gasteiger charge is 2.33. The van der Waals surface area contributed by atoms with Crippen molar-refractivity contribution in [3.63, 3.8) is 0 Å². The van der Waals surface area contributed by atoms with E-state index >= 15 is 0 Å². The number of rotatable bonds is 12. The van der Waals surface area contributed by atoms with E-state index in [1.54, 1.807) is 6.92 Å². The van der Waals surface area contributed by atoms with Crippen LogP contribution in [0.4, 0.5) is 5.69 Å². The quantitative estimate of drug-likeness (QED) is 0.283. The Labute approximate surface area is 254 Å². The van der Waals surface area contributed by atoms with E-state index < -0.39 is 28.5 Å². The van der Waals surface area contributed by atoms with Crippen molar-refractivity contribution in [2.24, 2.45) is 0 Å². The number of nitrogens with zero attached hydrogens (tertiary/aromatic N) is 2. The fourth-order valence-corrected chi connectivity index (χ4v) is 5.84. The minimum Gasteiger partial charge on any atom is -0.493 e. The van der Waals surface area contributed by atoms with E-state index in [0.29, 0.717) is 10.8 Å². The molecule has 0 fully saturated rings. The summed E-state index contributed by atoms with van der Waals surface area (Å²) in [6.45, 7) is 4.77. The van der Waals surface area contributed by atoms with Crippen LogP contribution in [-0.2, 0) is 26.2 Å². The highest BCUT2D eigenvalue weighted by molar-refractivity contribution is 9.10. The van der Waals surface area contributed by atoms with Crippen molar-refractivity contribution in [1.29, 1.82) is 0 Å². The van der Waals surface area contributed by atoms with Crippen LogP contribution in [0.2, 0.25) is 5.02 Å². The Morgan fingerprint density at radius 2 is 1.54 bits per heavy atom. The average Bonchev–Trinajstić information content (AvgIpc) is 2.94. The first-order valence-corrected chi connectivity index (χ1v) is 15.3. The standard InChI is InChI=1S/C29H33BrClN3O6S/c1-19(2)32-29(36)20(3)33(17-21-6-8-22(30)9-7-21)28(35)18-34(24-12-10-23(31)11-13-24)41(37,38)25-14-15-26(39-4)27(16-25)40-5/h6-16,19-20H,17-18H2,1-5H3,(H,32,36)/t20-/m1/s1. The van der Waals surface area contributed by atoms with Gasteiger partial charge < -0.3 is 19.7 Å². The van der Waals surface area contributed by atoms with Crippen molar-refractivity contribution in [1.82, 2.24) is 10.2 Å². The molecule has 0 saturated heterocycles. The van der Waals surface area contributed by atoms with Crippen molar-refractivity contribution >= 4 is 55.1 Å². The second-order valence-electron chi connectivity index (χ2n) is 9.49. The zero-order valence-electron chi connectivity index (χ0n) is 23.4. The van der Waals surface area contributed by atoms with Crippen molar-refractivity contribution in [2.45, 2.75) is 44.3 Å². The summed E-state index contributed by atoms with van der Waals surface area (Å²) in [5.41, 5.74) is 0.993. The van der Waals surface area contributed by atoms with E-state index in [0.717, 1.165) is 14.3 Å². The molecule has 9 nitrogen and oxygen atoms in total. The molecule has 3 aromatic rings. The number of hydrogen-bond acceptors (Lipinski definition) is 6. The molecule has 12 heteroatoms. The van der Waals surface area contributed by atoms with Gasteiger partial charge in [0.2, 0.25) is 11.8 Å². The predicted octanol–water partition coefficient (Wildman–Crippen LogP) is 5.26. The molecule has 0 aromatic heterocycles. The van der Waals surface area contributed by atoms with E-state index in [4.69, 9.17) is 21.1 Å². The van der Waals surface area contributed by atoms with Crippen molar-refractivity contribution in [3.8, 4) is 11.5 Å². The largest absolute Gasteiger partial charge is 0.493 e. The Kier molecular flexibility index (Phi) is 11.1. The van der Waals surface area contributed by atoms with Crippen LogP contribution in [0.1, 0.15) is 26.3 Å². The normalized spacial score (nSPS) is 12.0. The fourth-order valence-electron chi connectivity index (χ4n) is 4.01. The van der Waals surface area contributed by atoms with Gasteiger partial charge in [-0.25, -0.2) is 8.42 Å². The molecular formula is C29H33BrClN3O6S. The van der Waals surface area contributed by atoms with Crippen molar-refractivity contribution in [2.75, 3.05) is 25.1 Å². The third-order valence-electron chi connectivity index (χ3n) is 6.20. The number of methoxy groups -OCH3 is 2. The summed E-state index contributed by atoms with van der Waals surface area (Å²) in [6.07, 6.45) is 0. The van der Waals surface area contributed by atoms with Gasteiger partial charge in [-0.05, 0) is 74.9 Å². The van der Waals surface area contributed by atoms with E-state index in [9.17, 15) is 18.0 Å². The highest BCUT2D eigenvalue weighted by atomic mass is 79.9. The summed E-state index contributed by atoms with van der Waals surface area (Å²) in [7, 11) is -1.45. The molecule has 3 rings (SSSR count). The number of carbonyl (C=O) groups is 2. The van der Waals surface area contributed by atoms with E-state index in [-0.39, 0.29) is 34.8 Å². The molecule has 0 aliphatic rings. The molecule has 0 aliphatic carbocycles. The monoisotopic (exact) mass is 665 g/mol. The Morgan fingerprint density at radius 1 is 0.927 bits per heavy atom.